The number of amides is 1. The Morgan fingerprint density at radius 1 is 0.933 bits per heavy atom. The molecular formula is C22H20Cl2N4O2. The summed E-state index contributed by atoms with van der Waals surface area (Å²) in [6.45, 7) is 2.23. The molecule has 0 spiro atoms. The summed E-state index contributed by atoms with van der Waals surface area (Å²) in [6.07, 6.45) is 1.88. The normalized spacial score (nSPS) is 14.1. The molecular weight excluding hydrogens is 423 g/mol. The highest BCUT2D eigenvalue weighted by Gasteiger charge is 2.24. The first kappa shape index (κ1) is 20.4. The van der Waals surface area contributed by atoms with E-state index < -0.39 is 0 Å². The number of nitrogens with zero attached hydrogens (tertiary/aromatic N) is 4. The second-order valence-corrected chi connectivity index (χ2v) is 7.82. The van der Waals surface area contributed by atoms with Crippen molar-refractivity contribution in [2.45, 2.75) is 6.42 Å². The van der Waals surface area contributed by atoms with Gasteiger partial charge in [-0.05, 0) is 23.8 Å². The van der Waals surface area contributed by atoms with E-state index in [1.807, 2.05) is 46.2 Å². The predicted octanol–water partition coefficient (Wildman–Crippen LogP) is 3.43. The molecule has 0 aliphatic carbocycles. The van der Waals surface area contributed by atoms with Crippen LogP contribution < -0.4 is 10.5 Å². The van der Waals surface area contributed by atoms with Crippen LogP contribution in [0.15, 0.2) is 65.6 Å². The van der Waals surface area contributed by atoms with Crippen molar-refractivity contribution in [2.75, 3.05) is 31.1 Å². The molecule has 0 atom stereocenters. The van der Waals surface area contributed by atoms with E-state index >= 15 is 0 Å². The van der Waals surface area contributed by atoms with Gasteiger partial charge >= 0.3 is 0 Å². The summed E-state index contributed by atoms with van der Waals surface area (Å²) in [5.41, 5.74) is 1.71. The van der Waals surface area contributed by atoms with Crippen molar-refractivity contribution < 1.29 is 4.79 Å². The van der Waals surface area contributed by atoms with E-state index in [0.717, 1.165) is 5.56 Å². The predicted molar refractivity (Wildman–Crippen MR) is 119 cm³/mol. The van der Waals surface area contributed by atoms with Crippen molar-refractivity contribution in [3.63, 3.8) is 0 Å². The van der Waals surface area contributed by atoms with Crippen molar-refractivity contribution in [1.29, 1.82) is 0 Å². The number of hydrogen-bond donors (Lipinski definition) is 0. The second-order valence-electron chi connectivity index (χ2n) is 7.03. The minimum atomic E-state index is -0.363. The zero-order chi connectivity index (χ0) is 21.1. The summed E-state index contributed by atoms with van der Waals surface area (Å²) in [5.74, 6) is 0.0338. The largest absolute Gasteiger partial charge is 0.365 e. The van der Waals surface area contributed by atoms with Gasteiger partial charge in [-0.2, -0.15) is 9.78 Å². The maximum absolute atomic E-state index is 12.7. The van der Waals surface area contributed by atoms with Gasteiger partial charge in [0.15, 0.2) is 0 Å². The fourth-order valence-corrected chi connectivity index (χ4v) is 3.96. The van der Waals surface area contributed by atoms with Crippen LogP contribution in [0.1, 0.15) is 5.56 Å². The smallest absolute Gasteiger partial charge is 0.292 e. The summed E-state index contributed by atoms with van der Waals surface area (Å²) >= 11 is 12.6. The standard InChI is InChI=1S/C22H20Cl2N4O2/c23-18-9-5-4-6-16(18)14-20(29)27-12-10-26(11-13-27)19-15-25-28(22(30)21(19)24)17-7-2-1-3-8-17/h1-9,15H,10-14H2. The number of benzene rings is 2. The number of aromatic nitrogens is 2. The number of carbonyl (C=O) groups excluding carboxylic acids is 1. The third-order valence-corrected chi connectivity index (χ3v) is 5.90. The Kier molecular flexibility index (Phi) is 6.06. The van der Waals surface area contributed by atoms with Crippen molar-refractivity contribution in [2.24, 2.45) is 0 Å². The molecule has 4 rings (SSSR count). The molecule has 1 aliphatic rings. The first-order valence-electron chi connectivity index (χ1n) is 9.64. The first-order chi connectivity index (χ1) is 14.5. The molecule has 2 aromatic carbocycles. The monoisotopic (exact) mass is 442 g/mol. The van der Waals surface area contributed by atoms with E-state index in [1.165, 1.54) is 4.68 Å². The van der Waals surface area contributed by atoms with E-state index in [4.69, 9.17) is 23.2 Å². The maximum Gasteiger partial charge on any atom is 0.292 e. The summed E-state index contributed by atoms with van der Waals surface area (Å²) in [7, 11) is 0. The average Bonchev–Trinajstić information content (AvgIpc) is 2.78. The van der Waals surface area contributed by atoms with Gasteiger partial charge in [-0.3, -0.25) is 9.59 Å². The summed E-state index contributed by atoms with van der Waals surface area (Å²) in [6, 6.07) is 16.5. The van der Waals surface area contributed by atoms with Crippen LogP contribution >= 0.6 is 23.2 Å². The van der Waals surface area contributed by atoms with Gasteiger partial charge in [0.25, 0.3) is 5.56 Å². The molecule has 0 bridgehead atoms. The van der Waals surface area contributed by atoms with Gasteiger partial charge in [0.05, 0.1) is 24.0 Å². The van der Waals surface area contributed by atoms with Gasteiger partial charge in [-0.15, -0.1) is 0 Å². The topological polar surface area (TPSA) is 58.4 Å². The lowest BCUT2D eigenvalue weighted by Gasteiger charge is -2.36. The fraction of sp³-hybridized carbons (Fsp3) is 0.227. The summed E-state index contributed by atoms with van der Waals surface area (Å²) in [5, 5.41) is 5.01. The minimum absolute atomic E-state index is 0.0338. The molecule has 1 aromatic heterocycles. The van der Waals surface area contributed by atoms with Crippen LogP contribution in [0.25, 0.3) is 5.69 Å². The molecule has 1 saturated heterocycles. The van der Waals surface area contributed by atoms with E-state index in [-0.39, 0.29) is 22.9 Å². The molecule has 154 valence electrons. The molecule has 8 heteroatoms. The van der Waals surface area contributed by atoms with Gasteiger partial charge in [0.1, 0.15) is 5.02 Å². The number of carbonyl (C=O) groups is 1. The zero-order valence-electron chi connectivity index (χ0n) is 16.2. The van der Waals surface area contributed by atoms with Gasteiger partial charge in [-0.25, -0.2) is 0 Å². The molecule has 2 heterocycles. The number of halogens is 2. The number of anilines is 1. The highest BCUT2D eigenvalue weighted by atomic mass is 35.5. The zero-order valence-corrected chi connectivity index (χ0v) is 17.7. The highest BCUT2D eigenvalue weighted by Crippen LogP contribution is 2.23. The van der Waals surface area contributed by atoms with Crippen molar-refractivity contribution >= 4 is 34.8 Å². The van der Waals surface area contributed by atoms with Crippen LogP contribution in [0.4, 0.5) is 5.69 Å². The highest BCUT2D eigenvalue weighted by molar-refractivity contribution is 6.33. The maximum atomic E-state index is 12.7. The van der Waals surface area contributed by atoms with E-state index in [2.05, 4.69) is 5.10 Å². The lowest BCUT2D eigenvalue weighted by Crippen LogP contribution is -2.49. The molecule has 0 radical (unpaired) electrons. The van der Waals surface area contributed by atoms with Crippen LogP contribution in [0, 0.1) is 0 Å². The Morgan fingerprint density at radius 3 is 2.30 bits per heavy atom. The lowest BCUT2D eigenvalue weighted by molar-refractivity contribution is -0.130. The molecule has 0 saturated carbocycles. The molecule has 0 N–H and O–H groups in total. The van der Waals surface area contributed by atoms with Crippen molar-refractivity contribution in [3.8, 4) is 5.69 Å². The molecule has 6 nitrogen and oxygen atoms in total. The fourth-order valence-electron chi connectivity index (χ4n) is 3.51. The van der Waals surface area contributed by atoms with Crippen molar-refractivity contribution in [1.82, 2.24) is 14.7 Å². The second kappa shape index (κ2) is 8.90. The molecule has 3 aromatic rings. The number of rotatable bonds is 4. The Labute approximate surface area is 184 Å². The molecule has 1 amide bonds. The van der Waals surface area contributed by atoms with E-state index in [9.17, 15) is 9.59 Å². The van der Waals surface area contributed by atoms with Crippen LogP contribution in [-0.4, -0.2) is 46.8 Å². The number of hydrogen-bond acceptors (Lipinski definition) is 4. The SMILES string of the molecule is O=C(Cc1ccccc1Cl)N1CCN(c2cnn(-c3ccccc3)c(=O)c2Cl)CC1. The lowest BCUT2D eigenvalue weighted by atomic mass is 10.1. The van der Waals surface area contributed by atoms with E-state index in [0.29, 0.717) is 42.6 Å². The Bertz CT molecular complexity index is 1110. The summed E-state index contributed by atoms with van der Waals surface area (Å²) in [4.78, 5) is 29.2. The minimum Gasteiger partial charge on any atom is -0.365 e. The van der Waals surface area contributed by atoms with Gasteiger partial charge in [0.2, 0.25) is 5.91 Å². The third-order valence-electron chi connectivity index (χ3n) is 5.17. The van der Waals surface area contributed by atoms with Crippen LogP contribution in [-0.2, 0) is 11.2 Å². The van der Waals surface area contributed by atoms with E-state index in [1.54, 1.807) is 24.4 Å². The number of para-hydroxylation sites is 1. The third kappa shape index (κ3) is 4.20. The quantitative estimate of drug-likeness (QED) is 0.620. The van der Waals surface area contributed by atoms with Crippen LogP contribution in [0.3, 0.4) is 0 Å². The van der Waals surface area contributed by atoms with Gasteiger partial charge < -0.3 is 9.80 Å². The first-order valence-corrected chi connectivity index (χ1v) is 10.4. The molecule has 1 aliphatic heterocycles. The molecule has 0 unspecified atom stereocenters. The Morgan fingerprint density at radius 2 is 1.60 bits per heavy atom. The van der Waals surface area contributed by atoms with Crippen molar-refractivity contribution in [3.05, 3.63) is 86.8 Å². The Balaban J connectivity index is 1.44. The van der Waals surface area contributed by atoms with Gasteiger partial charge in [-0.1, -0.05) is 59.6 Å². The molecule has 1 fully saturated rings. The summed E-state index contributed by atoms with van der Waals surface area (Å²) < 4.78 is 1.29. The van der Waals surface area contributed by atoms with Gasteiger partial charge in [0, 0.05) is 31.2 Å². The molecule has 30 heavy (non-hydrogen) atoms. The average molecular weight is 443 g/mol. The van der Waals surface area contributed by atoms with Crippen LogP contribution in [0.5, 0.6) is 0 Å². The van der Waals surface area contributed by atoms with Crippen LogP contribution in [0.2, 0.25) is 10.0 Å². The number of piperazine rings is 1. The Hall–Kier alpha value is -2.83.